The Balaban J connectivity index is 0.000000817. The summed E-state index contributed by atoms with van der Waals surface area (Å²) in [7, 11) is 14.3. The van der Waals surface area contributed by atoms with Crippen LogP contribution in [0.5, 0.6) is 5.75 Å². The number of hydrogen-bond donors (Lipinski definition) is 1. The number of nitrogens with zero attached hydrogens (tertiary/aromatic N) is 1. The fourth-order valence-corrected chi connectivity index (χ4v) is 4.23. The number of aryl methyl sites for hydroxylation is 1. The molecule has 3 aromatic rings. The summed E-state index contributed by atoms with van der Waals surface area (Å²) in [5.41, 5.74) is 4.39. The number of para-hydroxylation sites is 1. The Bertz CT molecular complexity index is 875. The monoisotopic (exact) mass is 453 g/mol. The van der Waals surface area contributed by atoms with Crippen molar-refractivity contribution in [2.75, 3.05) is 19.0 Å². The second-order valence-electron chi connectivity index (χ2n) is 6.13. The zero-order valence-electron chi connectivity index (χ0n) is 15.5. The van der Waals surface area contributed by atoms with Gasteiger partial charge in [-0.05, 0) is 24.1 Å². The van der Waals surface area contributed by atoms with Crippen molar-refractivity contribution in [3.8, 4) is 16.9 Å². The summed E-state index contributed by atoms with van der Waals surface area (Å²) in [6.45, 7) is 2.13. The molecule has 0 aromatic heterocycles. The average Bonchev–Trinajstić information content (AvgIpc) is 2.66. The van der Waals surface area contributed by atoms with Crippen LogP contribution in [-0.4, -0.2) is 19.2 Å². The number of phenols is 1. The minimum atomic E-state index is -0.556. The summed E-state index contributed by atoms with van der Waals surface area (Å²) >= 11 is -0.556. The van der Waals surface area contributed by atoms with Crippen molar-refractivity contribution in [1.82, 2.24) is 0 Å². The van der Waals surface area contributed by atoms with Crippen molar-refractivity contribution in [2.45, 2.75) is 6.92 Å². The van der Waals surface area contributed by atoms with E-state index < -0.39 is 17.0 Å². The van der Waals surface area contributed by atoms with Crippen molar-refractivity contribution in [3.05, 3.63) is 72.3 Å². The Labute approximate surface area is 180 Å². The number of halogens is 2. The maximum absolute atomic E-state index is 10.8. The van der Waals surface area contributed by atoms with E-state index in [2.05, 4.69) is 44.1 Å². The van der Waals surface area contributed by atoms with E-state index in [4.69, 9.17) is 18.6 Å². The van der Waals surface area contributed by atoms with Crippen LogP contribution in [0.25, 0.3) is 11.1 Å². The van der Waals surface area contributed by atoms with Crippen LogP contribution in [0.1, 0.15) is 5.56 Å². The van der Waals surface area contributed by atoms with Gasteiger partial charge in [0, 0.05) is 36.0 Å². The Morgan fingerprint density at radius 3 is 2.15 bits per heavy atom. The zero-order valence-corrected chi connectivity index (χ0v) is 19.6. The summed E-state index contributed by atoms with van der Waals surface area (Å²) in [4.78, 5) is 2.13. The molecule has 3 aromatic carbocycles. The van der Waals surface area contributed by atoms with E-state index in [1.54, 1.807) is 0 Å². The zero-order chi connectivity index (χ0) is 19.8. The summed E-state index contributed by atoms with van der Waals surface area (Å²) in [5, 5.41) is 13.1. The molecule has 0 saturated heterocycles. The minimum absolute atomic E-state index is 0.384. The predicted molar refractivity (Wildman–Crippen MR) is 118 cm³/mol. The van der Waals surface area contributed by atoms with Crippen molar-refractivity contribution in [3.63, 3.8) is 0 Å². The van der Waals surface area contributed by atoms with Gasteiger partial charge in [-0.2, -0.15) is 0 Å². The molecule has 0 heterocycles. The molecular weight excluding hydrogens is 432 g/mol. The molecular formula is C21H22Cl2NOPTi. The van der Waals surface area contributed by atoms with Gasteiger partial charge in [0.15, 0.2) is 0 Å². The second kappa shape index (κ2) is 11.1. The third-order valence-corrected chi connectivity index (χ3v) is 5.69. The van der Waals surface area contributed by atoms with Crippen molar-refractivity contribution >= 4 is 43.5 Å². The maximum atomic E-state index is 10.8. The Morgan fingerprint density at radius 2 is 1.52 bits per heavy atom. The molecule has 1 N–H and O–H groups in total. The standard InChI is InChI=1S/C21H22NOP.2ClH.Ti/c1-15-9-7-13-18(22(2)3)21(15)24-19-14-8-12-17(20(19)23)16-10-5-4-6-11-16;;;/h4-14,23-24H,1-3H3;2*1H;/q;;;+2/p-2. The molecule has 3 rings (SSSR count). The normalized spacial score (nSPS) is 10.4. The number of phenolic OH excluding ortho intramolecular Hbond substituents is 1. The fraction of sp³-hybridized carbons (Fsp3) is 0.143. The summed E-state index contributed by atoms with van der Waals surface area (Å²) in [6, 6.07) is 22.4. The molecule has 27 heavy (non-hydrogen) atoms. The molecule has 0 aliphatic heterocycles. The van der Waals surface area contributed by atoms with Gasteiger partial charge in [0.05, 0.1) is 0 Å². The van der Waals surface area contributed by atoms with Crippen LogP contribution in [0.3, 0.4) is 0 Å². The topological polar surface area (TPSA) is 23.5 Å². The summed E-state index contributed by atoms with van der Waals surface area (Å²) in [6.07, 6.45) is 0. The van der Waals surface area contributed by atoms with E-state index >= 15 is 0 Å². The van der Waals surface area contributed by atoms with Gasteiger partial charge in [-0.3, -0.25) is 0 Å². The van der Waals surface area contributed by atoms with Gasteiger partial charge < -0.3 is 10.0 Å². The van der Waals surface area contributed by atoms with Crippen LogP contribution in [0, 0.1) is 6.92 Å². The SMILES string of the molecule is Cc1cccc(N(C)C)c1Pc1cccc(-c2ccccc2)c1O.[Cl][Ti][Cl]. The van der Waals surface area contributed by atoms with Gasteiger partial charge in [-0.1, -0.05) is 69.2 Å². The predicted octanol–water partition coefficient (Wildman–Crippen LogP) is 5.44. The van der Waals surface area contributed by atoms with Crippen LogP contribution < -0.4 is 15.5 Å². The first-order valence-electron chi connectivity index (χ1n) is 8.37. The van der Waals surface area contributed by atoms with Gasteiger partial charge in [0.25, 0.3) is 0 Å². The molecule has 1 atom stereocenters. The van der Waals surface area contributed by atoms with Gasteiger partial charge in [-0.25, -0.2) is 0 Å². The Hall–Kier alpha value is -1.02. The molecule has 0 radical (unpaired) electrons. The number of benzene rings is 3. The van der Waals surface area contributed by atoms with E-state index in [0.717, 1.165) is 16.4 Å². The van der Waals surface area contributed by atoms with Crippen LogP contribution >= 0.6 is 27.2 Å². The number of hydrogen-bond acceptors (Lipinski definition) is 2. The molecule has 0 aliphatic carbocycles. The molecule has 0 saturated carbocycles. The van der Waals surface area contributed by atoms with Crippen LogP contribution in [0.4, 0.5) is 5.69 Å². The van der Waals surface area contributed by atoms with Crippen molar-refractivity contribution in [2.24, 2.45) is 0 Å². The molecule has 1 unspecified atom stereocenters. The van der Waals surface area contributed by atoms with Gasteiger partial charge in [-0.15, -0.1) is 0 Å². The average molecular weight is 454 g/mol. The number of anilines is 1. The second-order valence-corrected chi connectivity index (χ2v) is 10.00. The van der Waals surface area contributed by atoms with Crippen LogP contribution in [-0.2, 0) is 17.0 Å². The quantitative estimate of drug-likeness (QED) is 0.420. The first-order chi connectivity index (χ1) is 13.0. The molecule has 0 fully saturated rings. The van der Waals surface area contributed by atoms with Crippen molar-refractivity contribution in [1.29, 1.82) is 0 Å². The molecule has 140 valence electrons. The van der Waals surface area contributed by atoms with E-state index in [-0.39, 0.29) is 0 Å². The molecule has 6 heteroatoms. The molecule has 0 spiro atoms. The third-order valence-electron chi connectivity index (χ3n) is 4.11. The molecule has 0 aliphatic rings. The van der Waals surface area contributed by atoms with E-state index in [9.17, 15) is 5.11 Å². The number of rotatable bonds is 4. The fourth-order valence-electron chi connectivity index (χ4n) is 2.82. The van der Waals surface area contributed by atoms with Gasteiger partial charge in [0.1, 0.15) is 5.75 Å². The van der Waals surface area contributed by atoms with E-state index in [0.29, 0.717) is 14.3 Å². The Morgan fingerprint density at radius 1 is 0.889 bits per heavy atom. The van der Waals surface area contributed by atoms with Gasteiger partial charge in [0.2, 0.25) is 0 Å². The van der Waals surface area contributed by atoms with Crippen LogP contribution in [0.15, 0.2) is 66.7 Å². The summed E-state index contributed by atoms with van der Waals surface area (Å²) < 4.78 is 0. The summed E-state index contributed by atoms with van der Waals surface area (Å²) in [5.74, 6) is 0.384. The Kier molecular flexibility index (Phi) is 9.16. The molecule has 0 amide bonds. The van der Waals surface area contributed by atoms with E-state index in [1.807, 2.05) is 48.5 Å². The van der Waals surface area contributed by atoms with Crippen molar-refractivity contribution < 1.29 is 22.1 Å². The molecule has 2 nitrogen and oxygen atoms in total. The molecule has 0 bridgehead atoms. The van der Waals surface area contributed by atoms with E-state index in [1.165, 1.54) is 16.6 Å². The first kappa shape index (κ1) is 22.3. The first-order valence-corrected chi connectivity index (χ1v) is 13.7. The van der Waals surface area contributed by atoms with Crippen LogP contribution in [0.2, 0.25) is 0 Å². The third kappa shape index (κ3) is 5.98. The van der Waals surface area contributed by atoms with Gasteiger partial charge >= 0.3 is 35.6 Å². The number of aromatic hydroxyl groups is 1.